The average Bonchev–Trinajstić information content (AvgIpc) is 2.93. The number of carbonyl (C=O) groups is 2. The fourth-order valence-corrected chi connectivity index (χ4v) is 6.50. The molecule has 0 radical (unpaired) electrons. The Morgan fingerprint density at radius 2 is 1.51 bits per heavy atom. The number of nitrogens with one attached hydrogen (secondary N) is 1. The number of halogens is 4. The highest BCUT2D eigenvalue weighted by Crippen LogP contribution is 2.34. The molecule has 0 aromatic heterocycles. The van der Waals surface area contributed by atoms with Crippen molar-refractivity contribution in [2.45, 2.75) is 44.7 Å². The molecular weight excluding hydrogens is 628 g/mol. The lowest BCUT2D eigenvalue weighted by Crippen LogP contribution is -2.52. The van der Waals surface area contributed by atoms with Crippen LogP contribution in [0.3, 0.4) is 0 Å². The highest BCUT2D eigenvalue weighted by atomic mass is 35.5. The van der Waals surface area contributed by atoms with E-state index in [2.05, 4.69) is 5.32 Å². The van der Waals surface area contributed by atoms with Crippen molar-refractivity contribution < 1.29 is 18.0 Å². The number of carbonyl (C=O) groups excluding carboxylic acids is 2. The second-order valence-corrected chi connectivity index (χ2v) is 13.2. The summed E-state index contributed by atoms with van der Waals surface area (Å²) in [7, 11) is -4.30. The number of nitrogens with zero attached hydrogens (tertiary/aromatic N) is 2. The van der Waals surface area contributed by atoms with E-state index in [1.54, 1.807) is 43.3 Å². The lowest BCUT2D eigenvalue weighted by molar-refractivity contribution is -0.140. The van der Waals surface area contributed by atoms with Gasteiger partial charge in [-0.3, -0.25) is 13.9 Å². The summed E-state index contributed by atoms with van der Waals surface area (Å²) in [5.74, 6) is -0.867. The first-order chi connectivity index (χ1) is 19.4. The van der Waals surface area contributed by atoms with E-state index in [1.807, 2.05) is 13.8 Å². The van der Waals surface area contributed by atoms with Crippen LogP contribution in [0.2, 0.25) is 20.1 Å². The molecule has 0 aliphatic rings. The second-order valence-electron chi connectivity index (χ2n) is 9.71. The van der Waals surface area contributed by atoms with E-state index < -0.39 is 28.5 Å². The maximum absolute atomic E-state index is 14.1. The Bertz CT molecular complexity index is 1470. The van der Waals surface area contributed by atoms with Crippen LogP contribution in [0.1, 0.15) is 32.8 Å². The third-order valence-corrected chi connectivity index (χ3v) is 9.28. The minimum absolute atomic E-state index is 0.0180. The molecule has 0 fully saturated rings. The van der Waals surface area contributed by atoms with Crippen LogP contribution in [0.15, 0.2) is 71.6 Å². The molecule has 41 heavy (non-hydrogen) atoms. The predicted octanol–water partition coefficient (Wildman–Crippen LogP) is 7.08. The molecule has 220 valence electrons. The zero-order chi connectivity index (χ0) is 30.3. The fraction of sp³-hybridized carbons (Fsp3) is 0.310. The molecule has 12 heteroatoms. The summed E-state index contributed by atoms with van der Waals surface area (Å²) in [6.45, 7) is 5.27. The van der Waals surface area contributed by atoms with Crippen LogP contribution in [-0.2, 0) is 26.2 Å². The topological polar surface area (TPSA) is 86.8 Å². The first-order valence-corrected chi connectivity index (χ1v) is 15.8. The van der Waals surface area contributed by atoms with Crippen molar-refractivity contribution >= 4 is 73.9 Å². The molecule has 1 N–H and O–H groups in total. The van der Waals surface area contributed by atoms with E-state index in [9.17, 15) is 18.0 Å². The summed E-state index contributed by atoms with van der Waals surface area (Å²) in [5, 5.41) is 3.78. The van der Waals surface area contributed by atoms with Gasteiger partial charge in [0, 0.05) is 33.7 Å². The molecule has 3 aromatic rings. The Hall–Kier alpha value is -2.49. The molecular formula is C29H31Cl4N3O4S. The molecule has 7 nitrogen and oxygen atoms in total. The molecule has 0 aliphatic carbocycles. The van der Waals surface area contributed by atoms with Crippen LogP contribution in [0, 0.1) is 5.92 Å². The molecule has 0 saturated carbocycles. The number of sulfonamides is 1. The van der Waals surface area contributed by atoms with Crippen molar-refractivity contribution in [1.29, 1.82) is 0 Å². The van der Waals surface area contributed by atoms with E-state index in [0.717, 1.165) is 4.31 Å². The monoisotopic (exact) mass is 657 g/mol. The summed E-state index contributed by atoms with van der Waals surface area (Å²) >= 11 is 25.5. The molecule has 0 heterocycles. The van der Waals surface area contributed by atoms with Crippen LogP contribution < -0.4 is 9.62 Å². The van der Waals surface area contributed by atoms with Crippen molar-refractivity contribution in [2.24, 2.45) is 5.92 Å². The molecule has 0 bridgehead atoms. The lowest BCUT2D eigenvalue weighted by Gasteiger charge is -2.34. The Balaban J connectivity index is 2.12. The van der Waals surface area contributed by atoms with E-state index in [1.165, 1.54) is 35.2 Å². The number of amides is 2. The van der Waals surface area contributed by atoms with Gasteiger partial charge in [-0.05, 0) is 54.8 Å². The van der Waals surface area contributed by atoms with E-state index >= 15 is 0 Å². The molecule has 1 atom stereocenters. The average molecular weight is 659 g/mol. The fourth-order valence-electron chi connectivity index (χ4n) is 4.11. The van der Waals surface area contributed by atoms with Gasteiger partial charge in [0.15, 0.2) is 0 Å². The summed E-state index contributed by atoms with van der Waals surface area (Å²) in [6, 6.07) is 16.0. The minimum Gasteiger partial charge on any atom is -0.354 e. The van der Waals surface area contributed by atoms with Gasteiger partial charge in [-0.15, -0.1) is 0 Å². The quantitative estimate of drug-likeness (QED) is 0.225. The Labute approximate surface area is 261 Å². The van der Waals surface area contributed by atoms with E-state index in [0.29, 0.717) is 22.2 Å². The molecule has 1 unspecified atom stereocenters. The largest absolute Gasteiger partial charge is 0.354 e. The third kappa shape index (κ3) is 8.30. The highest BCUT2D eigenvalue weighted by Gasteiger charge is 2.35. The van der Waals surface area contributed by atoms with Gasteiger partial charge < -0.3 is 10.2 Å². The van der Waals surface area contributed by atoms with Gasteiger partial charge in [-0.25, -0.2) is 8.42 Å². The maximum Gasteiger partial charge on any atom is 0.264 e. The summed E-state index contributed by atoms with van der Waals surface area (Å²) < 4.78 is 28.7. The Kier molecular flexibility index (Phi) is 11.8. The summed E-state index contributed by atoms with van der Waals surface area (Å²) in [6.07, 6.45) is 0.251. The van der Waals surface area contributed by atoms with Crippen LogP contribution in [0.25, 0.3) is 0 Å². The highest BCUT2D eigenvalue weighted by molar-refractivity contribution is 7.92. The number of benzene rings is 3. The molecule has 3 aromatic carbocycles. The smallest absolute Gasteiger partial charge is 0.264 e. The molecule has 0 spiro atoms. The Morgan fingerprint density at radius 1 is 0.878 bits per heavy atom. The lowest BCUT2D eigenvalue weighted by atomic mass is 10.1. The SMILES string of the molecule is CCC(C(=O)NCC(C)C)N(Cc1c(Cl)cccc1Cl)C(=O)CN(c1cc(Cl)ccc1Cl)S(=O)(=O)c1ccccc1. The van der Waals surface area contributed by atoms with E-state index in [-0.39, 0.29) is 45.4 Å². The summed E-state index contributed by atoms with van der Waals surface area (Å²) in [4.78, 5) is 28.7. The number of hydrogen-bond acceptors (Lipinski definition) is 4. The first-order valence-electron chi connectivity index (χ1n) is 12.9. The number of hydrogen-bond donors (Lipinski definition) is 1. The summed E-state index contributed by atoms with van der Waals surface area (Å²) in [5.41, 5.74) is 0.446. The Morgan fingerprint density at radius 3 is 2.10 bits per heavy atom. The van der Waals surface area contributed by atoms with Gasteiger partial charge >= 0.3 is 0 Å². The predicted molar refractivity (Wildman–Crippen MR) is 166 cm³/mol. The molecule has 3 rings (SSSR count). The van der Waals surface area contributed by atoms with Gasteiger partial charge in [0.25, 0.3) is 10.0 Å². The normalized spacial score (nSPS) is 12.2. The van der Waals surface area contributed by atoms with Crippen molar-refractivity contribution in [2.75, 3.05) is 17.4 Å². The van der Waals surface area contributed by atoms with Crippen molar-refractivity contribution in [3.8, 4) is 0 Å². The number of anilines is 1. The van der Waals surface area contributed by atoms with Crippen LogP contribution >= 0.6 is 46.4 Å². The van der Waals surface area contributed by atoms with Crippen LogP contribution in [0.5, 0.6) is 0 Å². The standard InChI is InChI=1S/C29H31Cl4N3O4S/c1-4-26(29(38)34-16-19(2)3)35(17-22-23(31)11-8-12-24(22)32)28(37)18-36(27-15-20(30)13-14-25(27)33)41(39,40)21-9-6-5-7-10-21/h5-15,19,26H,4,16-18H2,1-3H3,(H,34,38). The minimum atomic E-state index is -4.30. The van der Waals surface area contributed by atoms with Crippen LogP contribution in [-0.4, -0.2) is 44.3 Å². The first kappa shape index (κ1) is 33.0. The van der Waals surface area contributed by atoms with Gasteiger partial charge in [-0.1, -0.05) is 91.4 Å². The van der Waals surface area contributed by atoms with Crippen molar-refractivity contribution in [1.82, 2.24) is 10.2 Å². The molecule has 0 aliphatic heterocycles. The van der Waals surface area contributed by atoms with Gasteiger partial charge in [0.1, 0.15) is 12.6 Å². The van der Waals surface area contributed by atoms with Crippen molar-refractivity contribution in [3.63, 3.8) is 0 Å². The number of rotatable bonds is 12. The van der Waals surface area contributed by atoms with Crippen molar-refractivity contribution in [3.05, 3.63) is 92.4 Å². The van der Waals surface area contributed by atoms with Gasteiger partial charge in [0.2, 0.25) is 11.8 Å². The van der Waals surface area contributed by atoms with Gasteiger partial charge in [0.05, 0.1) is 15.6 Å². The van der Waals surface area contributed by atoms with Crippen LogP contribution in [0.4, 0.5) is 5.69 Å². The van der Waals surface area contributed by atoms with Gasteiger partial charge in [-0.2, -0.15) is 0 Å². The van der Waals surface area contributed by atoms with E-state index in [4.69, 9.17) is 46.4 Å². The third-order valence-electron chi connectivity index (χ3n) is 6.25. The maximum atomic E-state index is 14.1. The molecule has 0 saturated heterocycles. The zero-order valence-corrected chi connectivity index (χ0v) is 26.6. The molecule has 2 amide bonds. The zero-order valence-electron chi connectivity index (χ0n) is 22.8. The second kappa shape index (κ2) is 14.6.